The van der Waals surface area contributed by atoms with Crippen molar-refractivity contribution in [3.63, 3.8) is 0 Å². The summed E-state index contributed by atoms with van der Waals surface area (Å²) in [6, 6.07) is 21.5. The fraction of sp³-hybridized carbons (Fsp3) is 0.426. The van der Waals surface area contributed by atoms with Gasteiger partial charge in [0, 0.05) is 130 Å². The minimum atomic E-state index is -5.64. The maximum Gasteiger partial charge on any atom is 0.501 e. The fourth-order valence-electron chi connectivity index (χ4n) is 9.63. The molecule has 20 heteroatoms. The Morgan fingerprint density at radius 2 is 1.56 bits per heavy atom. The molecule has 1 unspecified atom stereocenters. The molecule has 3 aliphatic rings. The zero-order valence-electron chi connectivity index (χ0n) is 47.5. The van der Waals surface area contributed by atoms with Crippen LogP contribution in [0, 0.1) is 6.92 Å². The Hall–Kier alpha value is -5.58. The van der Waals surface area contributed by atoms with E-state index in [9.17, 15) is 30.8 Å². The predicted octanol–water partition coefficient (Wildman–Crippen LogP) is 10.7. The molecule has 4 heterocycles. The molecule has 1 aromatic heterocycles. The van der Waals surface area contributed by atoms with Gasteiger partial charge in [0.1, 0.15) is 11.6 Å². The van der Waals surface area contributed by atoms with Crippen molar-refractivity contribution in [3.05, 3.63) is 157 Å². The van der Waals surface area contributed by atoms with Crippen LogP contribution < -0.4 is 20.3 Å². The number of alkyl halides is 4. The summed E-state index contributed by atoms with van der Waals surface area (Å²) in [5.41, 5.74) is 0.846. The van der Waals surface area contributed by atoms with Crippen molar-refractivity contribution in [2.75, 3.05) is 135 Å². The highest BCUT2D eigenvalue weighted by Crippen LogP contribution is 2.40. The summed E-state index contributed by atoms with van der Waals surface area (Å²) in [5.74, 6) is 0.355. The van der Waals surface area contributed by atoms with Crippen molar-refractivity contribution < 1.29 is 35.5 Å². The number of hydrogen-bond donors (Lipinski definition) is 3. The van der Waals surface area contributed by atoms with Gasteiger partial charge in [-0.25, -0.2) is 12.8 Å². The number of nitrogens with one attached hydrogen (secondary N) is 3. The standard InChI is InChI=1S/C55H68F4N8O3S3.C6H13NO/c1-7-15-43(18-13-26-56)53-52(51(42(4)64(53)6)54(68)61-27-14-29-65-32-30-63(5)31-33-65)44-17-12-19-46(39-44)67-36-34-66(35-37-67)45(16-8-2)23-22-41(3)62-72-48-24-25-49(50(40-48)73(69,70)55(57,58)59)60-28-38-71-47-20-10-9-11-21-47;1-2-7-3-5-8-6-4-7/h7-13,15-25,39-41,60,62H,1-2,14,26-38H2,3-6H3,(H,61,68);2-6H2,1H3/b18-13-,23-22-,43-15+,45-16+;. The molecular formula is C61H81F4N9O4S3. The molecule has 0 saturated carbocycles. The average Bonchev–Trinajstić information content (AvgIpc) is 4.03. The number of benzene rings is 3. The SMILES string of the molecule is C=C/C=C(\C=C/CF)c1c(-c2cccc(N3CCN(C(/C=C\C(C)NSc4ccc(NCCSc5ccccc5)c(S(=O)(=O)C(F)(F)F)c4)=C/C=C)CC3)c2)c(C(=O)NCCCN2CCN(C)CC2)c(C)n1C.CCN1CCOCC1. The van der Waals surface area contributed by atoms with Gasteiger partial charge >= 0.3 is 5.51 Å². The summed E-state index contributed by atoms with van der Waals surface area (Å²) >= 11 is 2.55. The summed E-state index contributed by atoms with van der Waals surface area (Å²) < 4.78 is 91.0. The van der Waals surface area contributed by atoms with Crippen molar-refractivity contribution in [3.8, 4) is 11.1 Å². The second-order valence-corrected chi connectivity index (χ2v) is 23.9. The Labute approximate surface area is 486 Å². The number of anilines is 2. The number of allylic oxidation sites excluding steroid dienone is 8. The van der Waals surface area contributed by atoms with Crippen LogP contribution in [-0.2, 0) is 21.6 Å². The Morgan fingerprint density at radius 1 is 0.840 bits per heavy atom. The number of sulfone groups is 1. The van der Waals surface area contributed by atoms with Crippen molar-refractivity contribution in [2.45, 2.75) is 53.4 Å². The summed E-state index contributed by atoms with van der Waals surface area (Å²) in [6.45, 7) is 27.1. The largest absolute Gasteiger partial charge is 0.501 e. The molecule has 1 atom stereocenters. The van der Waals surface area contributed by atoms with Gasteiger partial charge < -0.3 is 39.5 Å². The van der Waals surface area contributed by atoms with Crippen LogP contribution >= 0.6 is 23.7 Å². The maximum atomic E-state index is 14.2. The number of likely N-dealkylation sites (N-methyl/N-ethyl adjacent to an activating group) is 2. The zero-order chi connectivity index (χ0) is 58.4. The Morgan fingerprint density at radius 3 is 2.21 bits per heavy atom. The van der Waals surface area contributed by atoms with Gasteiger partial charge in [-0.3, -0.25) is 14.4 Å². The molecule has 0 aliphatic carbocycles. The van der Waals surface area contributed by atoms with Gasteiger partial charge in [0.25, 0.3) is 15.7 Å². The highest BCUT2D eigenvalue weighted by Gasteiger charge is 2.48. The quantitative estimate of drug-likeness (QED) is 0.0192. The molecule has 0 bridgehead atoms. The number of amides is 1. The first-order valence-corrected chi connectivity index (χ1v) is 30.9. The van der Waals surface area contributed by atoms with Crippen molar-refractivity contribution in [2.24, 2.45) is 7.05 Å². The second-order valence-electron chi connectivity index (χ2n) is 19.9. The molecule has 4 aromatic rings. The molecule has 0 radical (unpaired) electrons. The van der Waals surface area contributed by atoms with Gasteiger partial charge in [-0.05, 0) is 118 Å². The molecule has 81 heavy (non-hydrogen) atoms. The highest BCUT2D eigenvalue weighted by atomic mass is 32.2. The van der Waals surface area contributed by atoms with E-state index in [0.29, 0.717) is 48.9 Å². The number of halogens is 4. The Kier molecular flexibility index (Phi) is 25.8. The van der Waals surface area contributed by atoms with E-state index in [0.717, 1.165) is 128 Å². The minimum Gasteiger partial charge on any atom is -0.383 e. The number of nitrogens with zero attached hydrogens (tertiary/aromatic N) is 6. The molecule has 3 aliphatic heterocycles. The van der Waals surface area contributed by atoms with Crippen LogP contribution in [-0.4, -0.2) is 174 Å². The van der Waals surface area contributed by atoms with E-state index in [2.05, 4.69) is 79.1 Å². The molecule has 3 aromatic carbocycles. The fourth-order valence-corrected chi connectivity index (χ4v) is 12.2. The van der Waals surface area contributed by atoms with E-state index in [-0.39, 0.29) is 24.2 Å². The van der Waals surface area contributed by atoms with Crippen molar-refractivity contribution in [1.82, 2.24) is 34.2 Å². The summed E-state index contributed by atoms with van der Waals surface area (Å²) in [7, 11) is -1.58. The number of carbonyl (C=O) groups excluding carboxylic acids is 1. The first-order valence-electron chi connectivity index (χ1n) is 27.6. The van der Waals surface area contributed by atoms with Gasteiger partial charge in [-0.15, -0.1) is 11.8 Å². The van der Waals surface area contributed by atoms with E-state index in [1.165, 1.54) is 30.4 Å². The number of carbonyl (C=O) groups is 1. The minimum absolute atomic E-state index is 0.110. The third-order valence-electron chi connectivity index (χ3n) is 14.3. The topological polar surface area (TPSA) is 118 Å². The molecule has 3 N–H and O–H groups in total. The van der Waals surface area contributed by atoms with Gasteiger partial charge in [-0.1, -0.05) is 86.9 Å². The average molecular weight is 1180 g/mol. The first kappa shape index (κ1) is 64.6. The van der Waals surface area contributed by atoms with Crippen LogP contribution in [0.1, 0.15) is 42.0 Å². The number of ether oxygens (including phenoxy) is 1. The molecule has 3 fully saturated rings. The Bertz CT molecular complexity index is 2910. The van der Waals surface area contributed by atoms with Gasteiger partial charge in [0.2, 0.25) is 0 Å². The maximum absolute atomic E-state index is 14.2. The lowest BCUT2D eigenvalue weighted by Gasteiger charge is -2.38. The lowest BCUT2D eigenvalue weighted by atomic mass is 9.95. The molecule has 1 amide bonds. The van der Waals surface area contributed by atoms with Crippen molar-refractivity contribution in [1.29, 1.82) is 0 Å². The van der Waals surface area contributed by atoms with Crippen molar-refractivity contribution >= 4 is 56.4 Å². The van der Waals surface area contributed by atoms with E-state index in [4.69, 9.17) is 4.74 Å². The molecule has 3 saturated heterocycles. The van der Waals surface area contributed by atoms with Crippen LogP contribution in [0.3, 0.4) is 0 Å². The second kappa shape index (κ2) is 32.3. The monoisotopic (exact) mass is 1180 g/mol. The highest BCUT2D eigenvalue weighted by molar-refractivity contribution is 7.99. The molecule has 7 rings (SSSR count). The van der Waals surface area contributed by atoms with Crippen LogP contribution in [0.5, 0.6) is 0 Å². The smallest absolute Gasteiger partial charge is 0.383 e. The van der Waals surface area contributed by atoms with Crippen LogP contribution in [0.4, 0.5) is 28.9 Å². The first-order chi connectivity index (χ1) is 39.0. The zero-order valence-corrected chi connectivity index (χ0v) is 50.0. The number of piperazine rings is 2. The molecular weight excluding hydrogens is 1090 g/mol. The number of thioether (sulfide) groups is 1. The van der Waals surface area contributed by atoms with E-state index < -0.39 is 26.9 Å². The van der Waals surface area contributed by atoms with E-state index in [1.54, 1.807) is 24.3 Å². The predicted molar refractivity (Wildman–Crippen MR) is 328 cm³/mol. The number of morpholine rings is 1. The number of rotatable bonds is 25. The van der Waals surface area contributed by atoms with Gasteiger partial charge in [0.05, 0.1) is 30.2 Å². The number of aromatic nitrogens is 1. The van der Waals surface area contributed by atoms with E-state index >= 15 is 0 Å². The summed E-state index contributed by atoms with van der Waals surface area (Å²) in [5, 5.41) is 6.10. The van der Waals surface area contributed by atoms with Gasteiger partial charge in [0.15, 0.2) is 0 Å². The Balaban J connectivity index is 0.00000121. The summed E-state index contributed by atoms with van der Waals surface area (Å²) in [4.78, 5) is 26.4. The van der Waals surface area contributed by atoms with Crippen LogP contribution in [0.25, 0.3) is 16.7 Å². The lowest BCUT2D eigenvalue weighted by molar-refractivity contribution is -0.0435. The van der Waals surface area contributed by atoms with E-state index in [1.807, 2.05) is 92.2 Å². The normalized spacial score (nSPS) is 16.9. The number of hydrogen-bond acceptors (Lipinski definition) is 13. The van der Waals surface area contributed by atoms with Gasteiger partial charge in [-0.2, -0.15) is 13.2 Å². The summed E-state index contributed by atoms with van der Waals surface area (Å²) in [6.07, 6.45) is 15.1. The lowest BCUT2D eigenvalue weighted by Crippen LogP contribution is -2.45. The van der Waals surface area contributed by atoms with Crippen LogP contribution in [0.15, 0.2) is 155 Å². The third-order valence-corrected chi connectivity index (χ3v) is 17.8. The molecule has 13 nitrogen and oxygen atoms in total. The molecule has 440 valence electrons. The third kappa shape index (κ3) is 18.7. The van der Waals surface area contributed by atoms with Crippen LogP contribution in [0.2, 0.25) is 0 Å². The molecule has 0 spiro atoms.